The highest BCUT2D eigenvalue weighted by Gasteiger charge is 2.10. The molecule has 0 unspecified atom stereocenters. The number of nitrogens with one attached hydrogen (secondary N) is 1. The van der Waals surface area contributed by atoms with Gasteiger partial charge in [-0.1, -0.05) is 30.3 Å². The van der Waals surface area contributed by atoms with E-state index in [0.29, 0.717) is 30.3 Å². The minimum atomic E-state index is -0.569. The van der Waals surface area contributed by atoms with Gasteiger partial charge in [0, 0.05) is 13.2 Å². The summed E-state index contributed by atoms with van der Waals surface area (Å²) in [5.41, 5.74) is 3.78. The fourth-order valence-electron chi connectivity index (χ4n) is 2.72. The van der Waals surface area contributed by atoms with Gasteiger partial charge in [-0.25, -0.2) is 5.43 Å². The van der Waals surface area contributed by atoms with E-state index in [2.05, 4.69) is 10.5 Å². The Kier molecular flexibility index (Phi) is 7.00. The van der Waals surface area contributed by atoms with Crippen molar-refractivity contribution in [3.8, 4) is 11.5 Å². The van der Waals surface area contributed by atoms with Gasteiger partial charge >= 0.3 is 0 Å². The first-order valence-electron chi connectivity index (χ1n) is 9.51. The molecule has 1 heterocycles. The van der Waals surface area contributed by atoms with Crippen molar-refractivity contribution < 1.29 is 14.3 Å². The molecule has 0 aliphatic carbocycles. The second-order valence-electron chi connectivity index (χ2n) is 6.45. The second kappa shape index (κ2) is 10.1. The molecule has 0 saturated carbocycles. The average molecular weight is 405 g/mol. The maximum Gasteiger partial charge on any atom is 0.276 e. The number of hydrogen-bond donors (Lipinski definition) is 1. The Bertz CT molecular complexity index is 1090. The Morgan fingerprint density at radius 3 is 2.63 bits per heavy atom. The predicted octanol–water partition coefficient (Wildman–Crippen LogP) is 3.13. The highest BCUT2D eigenvalue weighted by Crippen LogP contribution is 2.28. The normalized spacial score (nSPS) is 10.7. The van der Waals surface area contributed by atoms with Crippen LogP contribution in [-0.2, 0) is 13.7 Å². The number of amides is 1. The summed E-state index contributed by atoms with van der Waals surface area (Å²) in [5, 5.41) is 3.94. The molecule has 0 aliphatic rings. The lowest BCUT2D eigenvalue weighted by atomic mass is 10.2. The number of carbonyl (C=O) groups is 1. The van der Waals surface area contributed by atoms with E-state index in [1.54, 1.807) is 37.5 Å². The standard InChI is InChI=1S/C23H23N3O4/c1-3-29-21-14-18(11-12-20(21)30-16-17-8-5-4-6-9-17)15-24-25-22(27)19-10-7-13-26(2)23(19)28/h4-15H,3,16H2,1-2H3,(H,25,27)/b24-15-. The van der Waals surface area contributed by atoms with Crippen LogP contribution in [0.3, 0.4) is 0 Å². The third-order valence-electron chi connectivity index (χ3n) is 4.25. The number of aryl methyl sites for hydroxylation is 1. The average Bonchev–Trinajstić information content (AvgIpc) is 2.76. The fourth-order valence-corrected chi connectivity index (χ4v) is 2.72. The first-order chi connectivity index (χ1) is 14.6. The van der Waals surface area contributed by atoms with E-state index in [9.17, 15) is 9.59 Å². The number of hydrazone groups is 1. The van der Waals surface area contributed by atoms with Crippen molar-refractivity contribution in [1.82, 2.24) is 9.99 Å². The molecule has 3 aromatic rings. The van der Waals surface area contributed by atoms with Crippen LogP contribution in [0.15, 0.2) is 76.8 Å². The van der Waals surface area contributed by atoms with E-state index < -0.39 is 5.91 Å². The van der Waals surface area contributed by atoms with Gasteiger partial charge in [0.15, 0.2) is 11.5 Å². The maximum absolute atomic E-state index is 12.2. The number of aromatic nitrogens is 1. The third kappa shape index (κ3) is 5.35. The van der Waals surface area contributed by atoms with Crippen molar-refractivity contribution in [2.45, 2.75) is 13.5 Å². The van der Waals surface area contributed by atoms with Crippen molar-refractivity contribution in [3.63, 3.8) is 0 Å². The largest absolute Gasteiger partial charge is 0.490 e. The van der Waals surface area contributed by atoms with Gasteiger partial charge in [0.1, 0.15) is 12.2 Å². The summed E-state index contributed by atoms with van der Waals surface area (Å²) in [7, 11) is 1.58. The summed E-state index contributed by atoms with van der Waals surface area (Å²) in [6, 6.07) is 18.3. The van der Waals surface area contributed by atoms with Gasteiger partial charge < -0.3 is 14.0 Å². The molecule has 1 N–H and O–H groups in total. The molecule has 0 saturated heterocycles. The molecule has 0 spiro atoms. The molecule has 0 radical (unpaired) electrons. The first kappa shape index (κ1) is 20.9. The van der Waals surface area contributed by atoms with Gasteiger partial charge in [-0.05, 0) is 48.4 Å². The SMILES string of the molecule is CCOc1cc(/C=N\NC(=O)c2cccn(C)c2=O)ccc1OCc1ccccc1. The monoisotopic (exact) mass is 405 g/mol. The third-order valence-corrected chi connectivity index (χ3v) is 4.25. The van der Waals surface area contributed by atoms with E-state index in [1.165, 1.54) is 16.8 Å². The van der Waals surface area contributed by atoms with Crippen LogP contribution in [0.25, 0.3) is 0 Å². The lowest BCUT2D eigenvalue weighted by Gasteiger charge is -2.12. The van der Waals surface area contributed by atoms with Crippen LogP contribution in [0.2, 0.25) is 0 Å². The van der Waals surface area contributed by atoms with Gasteiger partial charge in [-0.3, -0.25) is 9.59 Å². The molecule has 2 aromatic carbocycles. The summed E-state index contributed by atoms with van der Waals surface area (Å²) in [4.78, 5) is 24.1. The minimum Gasteiger partial charge on any atom is -0.490 e. The van der Waals surface area contributed by atoms with Crippen LogP contribution in [0.5, 0.6) is 11.5 Å². The molecule has 7 heteroatoms. The van der Waals surface area contributed by atoms with Crippen molar-refractivity contribution in [2.75, 3.05) is 6.61 Å². The molecule has 154 valence electrons. The molecular weight excluding hydrogens is 382 g/mol. The Morgan fingerprint density at radius 1 is 1.07 bits per heavy atom. The van der Waals surface area contributed by atoms with Crippen molar-refractivity contribution >= 4 is 12.1 Å². The highest BCUT2D eigenvalue weighted by atomic mass is 16.5. The van der Waals surface area contributed by atoms with Gasteiger partial charge in [-0.15, -0.1) is 0 Å². The number of ether oxygens (including phenoxy) is 2. The van der Waals surface area contributed by atoms with E-state index in [1.807, 2.05) is 37.3 Å². The zero-order chi connectivity index (χ0) is 21.3. The smallest absolute Gasteiger partial charge is 0.276 e. The maximum atomic E-state index is 12.2. The van der Waals surface area contributed by atoms with E-state index >= 15 is 0 Å². The molecule has 7 nitrogen and oxygen atoms in total. The lowest BCUT2D eigenvalue weighted by Crippen LogP contribution is -2.29. The molecule has 0 fully saturated rings. The Morgan fingerprint density at radius 2 is 1.87 bits per heavy atom. The van der Waals surface area contributed by atoms with E-state index in [-0.39, 0.29) is 11.1 Å². The molecule has 0 bridgehead atoms. The highest BCUT2D eigenvalue weighted by molar-refractivity contribution is 5.94. The topological polar surface area (TPSA) is 81.9 Å². The Labute approximate surface area is 174 Å². The quantitative estimate of drug-likeness (QED) is 0.461. The number of benzene rings is 2. The zero-order valence-electron chi connectivity index (χ0n) is 16.9. The van der Waals surface area contributed by atoms with Gasteiger partial charge in [0.05, 0.1) is 12.8 Å². The summed E-state index contributed by atoms with van der Waals surface area (Å²) in [6.07, 6.45) is 3.06. The molecule has 1 aromatic heterocycles. The van der Waals surface area contributed by atoms with Gasteiger partial charge in [0.2, 0.25) is 0 Å². The van der Waals surface area contributed by atoms with Gasteiger partial charge in [-0.2, -0.15) is 5.10 Å². The molecule has 3 rings (SSSR count). The summed E-state index contributed by atoms with van der Waals surface area (Å²) in [6.45, 7) is 2.80. The van der Waals surface area contributed by atoms with Crippen molar-refractivity contribution in [3.05, 3.63) is 93.9 Å². The molecule has 30 heavy (non-hydrogen) atoms. The molecule has 0 atom stereocenters. The van der Waals surface area contributed by atoms with E-state index in [0.717, 1.165) is 5.56 Å². The van der Waals surface area contributed by atoms with Crippen LogP contribution in [0.4, 0.5) is 0 Å². The predicted molar refractivity (Wildman–Crippen MR) is 115 cm³/mol. The van der Waals surface area contributed by atoms with Crippen LogP contribution < -0.4 is 20.5 Å². The number of hydrogen-bond acceptors (Lipinski definition) is 5. The number of rotatable bonds is 8. The summed E-state index contributed by atoms with van der Waals surface area (Å²) >= 11 is 0. The minimum absolute atomic E-state index is 0.0248. The Balaban J connectivity index is 1.68. The fraction of sp³-hybridized carbons (Fsp3) is 0.174. The lowest BCUT2D eigenvalue weighted by molar-refractivity contribution is 0.0953. The summed E-state index contributed by atoms with van der Waals surface area (Å²) in [5.74, 6) is 0.635. The summed E-state index contributed by atoms with van der Waals surface area (Å²) < 4.78 is 12.9. The number of nitrogens with zero attached hydrogens (tertiary/aromatic N) is 2. The van der Waals surface area contributed by atoms with Crippen LogP contribution in [0, 0.1) is 0 Å². The molecular formula is C23H23N3O4. The van der Waals surface area contributed by atoms with E-state index in [4.69, 9.17) is 9.47 Å². The second-order valence-corrected chi connectivity index (χ2v) is 6.45. The number of pyridine rings is 1. The Hall–Kier alpha value is -3.87. The van der Waals surface area contributed by atoms with Gasteiger partial charge in [0.25, 0.3) is 11.5 Å². The van der Waals surface area contributed by atoms with Crippen molar-refractivity contribution in [2.24, 2.45) is 12.1 Å². The van der Waals surface area contributed by atoms with Crippen LogP contribution in [0.1, 0.15) is 28.4 Å². The van der Waals surface area contributed by atoms with Crippen LogP contribution >= 0.6 is 0 Å². The molecule has 0 aliphatic heterocycles. The van der Waals surface area contributed by atoms with Crippen LogP contribution in [-0.4, -0.2) is 23.3 Å². The number of carbonyl (C=O) groups excluding carboxylic acids is 1. The van der Waals surface area contributed by atoms with Crippen molar-refractivity contribution in [1.29, 1.82) is 0 Å². The first-order valence-corrected chi connectivity index (χ1v) is 9.51. The zero-order valence-corrected chi connectivity index (χ0v) is 16.9. The molecule has 1 amide bonds.